The quantitative estimate of drug-likeness (QED) is 0.189. The first kappa shape index (κ1) is 36.2. The van der Waals surface area contributed by atoms with E-state index in [1.165, 1.54) is 44.1 Å². The Hall–Kier alpha value is -3.95. The largest absolute Gasteiger partial charge is 0.496 e. The van der Waals surface area contributed by atoms with E-state index >= 15 is 0 Å². The molecular weight excluding hydrogens is 555 g/mol. The van der Waals surface area contributed by atoms with E-state index < -0.39 is 0 Å². The molecule has 2 nitrogen and oxygen atoms in total. The van der Waals surface area contributed by atoms with E-state index in [1.54, 1.807) is 18.9 Å². The highest BCUT2D eigenvalue weighted by atomic mass is 32.2. The zero-order valence-electron chi connectivity index (χ0n) is 28.4. The van der Waals surface area contributed by atoms with Gasteiger partial charge in [-0.2, -0.15) is 0 Å². The summed E-state index contributed by atoms with van der Waals surface area (Å²) < 4.78 is 5.04. The summed E-state index contributed by atoms with van der Waals surface area (Å²) in [6.07, 6.45) is 2.10. The fourth-order valence-corrected chi connectivity index (χ4v) is 5.32. The van der Waals surface area contributed by atoms with Gasteiger partial charge in [-0.15, -0.1) is 11.8 Å². The van der Waals surface area contributed by atoms with Crippen molar-refractivity contribution in [3.8, 4) is 5.75 Å². The lowest BCUT2D eigenvalue weighted by molar-refractivity contribution is 0.411. The Balaban J connectivity index is 0.000000210. The van der Waals surface area contributed by atoms with Gasteiger partial charge in [-0.05, 0) is 97.5 Å². The Bertz CT molecular complexity index is 1480. The molecule has 0 N–H and O–H groups in total. The molecule has 0 fully saturated rings. The molecule has 0 aliphatic carbocycles. The first-order valence-electron chi connectivity index (χ1n) is 15.1. The Morgan fingerprint density at radius 1 is 0.545 bits per heavy atom. The zero-order valence-corrected chi connectivity index (χ0v) is 29.2. The average Bonchev–Trinajstić information content (AvgIpc) is 3.02. The van der Waals surface area contributed by atoms with Crippen LogP contribution in [0.2, 0.25) is 0 Å². The number of nitrogens with zero attached hydrogens (tertiary/aromatic N) is 1. The van der Waals surface area contributed by atoms with Crippen LogP contribution in [0.3, 0.4) is 0 Å². The van der Waals surface area contributed by atoms with Crippen molar-refractivity contribution in [2.24, 2.45) is 0 Å². The third kappa shape index (κ3) is 12.0. The first-order valence-corrected chi connectivity index (χ1v) is 16.3. The van der Waals surface area contributed by atoms with Gasteiger partial charge in [0, 0.05) is 23.3 Å². The molecule has 0 amide bonds. The zero-order chi connectivity index (χ0) is 32.5. The van der Waals surface area contributed by atoms with E-state index in [1.807, 2.05) is 37.3 Å². The number of methoxy groups -OCH3 is 1. The van der Waals surface area contributed by atoms with Crippen LogP contribution >= 0.6 is 11.8 Å². The number of hydrogen-bond acceptors (Lipinski definition) is 3. The summed E-state index contributed by atoms with van der Waals surface area (Å²) in [6, 6.07) is 43.7. The fraction of sp³-hybridized carbons (Fsp3) is 0.268. The van der Waals surface area contributed by atoms with E-state index in [9.17, 15) is 0 Å². The molecule has 0 bridgehead atoms. The molecule has 44 heavy (non-hydrogen) atoms. The molecule has 0 atom stereocenters. The van der Waals surface area contributed by atoms with Crippen LogP contribution in [-0.4, -0.2) is 20.4 Å². The van der Waals surface area contributed by atoms with Crippen molar-refractivity contribution in [1.29, 1.82) is 0 Å². The van der Waals surface area contributed by atoms with Gasteiger partial charge in [0.1, 0.15) is 5.75 Å². The summed E-state index contributed by atoms with van der Waals surface area (Å²) >= 11 is 1.80. The highest BCUT2D eigenvalue weighted by molar-refractivity contribution is 7.98. The van der Waals surface area contributed by atoms with Crippen molar-refractivity contribution in [3.63, 3.8) is 0 Å². The smallest absolute Gasteiger partial charge is 0.121 e. The number of aryl methyl sites for hydroxylation is 4. The molecule has 5 aromatic rings. The second kappa shape index (κ2) is 18.7. The summed E-state index contributed by atoms with van der Waals surface area (Å²) in [5.74, 6) is 0.956. The van der Waals surface area contributed by atoms with Gasteiger partial charge in [-0.3, -0.25) is 0 Å². The number of anilines is 2. The number of hydrogen-bond donors (Lipinski definition) is 0. The van der Waals surface area contributed by atoms with Crippen LogP contribution in [0, 0.1) is 27.7 Å². The van der Waals surface area contributed by atoms with Crippen LogP contribution in [-0.2, 0) is 5.41 Å². The predicted octanol–water partition coefficient (Wildman–Crippen LogP) is 11.8. The van der Waals surface area contributed by atoms with Crippen molar-refractivity contribution in [3.05, 3.63) is 155 Å². The number of para-hydroxylation sites is 3. The SMILES string of the molecule is COc1ccccc1C.CSc1ccccc1C.Cc1ccccc1C(C)(C)C.Cc1ccccc1N(C)c1ccccc1. The normalized spacial score (nSPS) is 10.1. The molecule has 5 aromatic carbocycles. The van der Waals surface area contributed by atoms with Gasteiger partial charge in [0.15, 0.2) is 0 Å². The highest BCUT2D eigenvalue weighted by Gasteiger charge is 2.14. The molecule has 3 heteroatoms. The van der Waals surface area contributed by atoms with Crippen molar-refractivity contribution < 1.29 is 4.74 Å². The van der Waals surface area contributed by atoms with Crippen molar-refractivity contribution in [2.45, 2.75) is 58.8 Å². The molecule has 0 saturated heterocycles. The second-order valence-corrected chi connectivity index (χ2v) is 12.5. The Morgan fingerprint density at radius 2 is 1.02 bits per heavy atom. The van der Waals surface area contributed by atoms with Crippen molar-refractivity contribution >= 4 is 23.1 Å². The minimum Gasteiger partial charge on any atom is -0.496 e. The molecule has 0 heterocycles. The Labute approximate surface area is 272 Å². The van der Waals surface area contributed by atoms with Crippen LogP contribution in [0.25, 0.3) is 0 Å². The van der Waals surface area contributed by atoms with E-state index in [-0.39, 0.29) is 5.41 Å². The van der Waals surface area contributed by atoms with Crippen LogP contribution < -0.4 is 9.64 Å². The van der Waals surface area contributed by atoms with Gasteiger partial charge in [0.25, 0.3) is 0 Å². The Kier molecular flexibility index (Phi) is 15.4. The summed E-state index contributed by atoms with van der Waals surface area (Å²) in [6.45, 7) is 15.2. The predicted molar refractivity (Wildman–Crippen MR) is 196 cm³/mol. The molecule has 0 aromatic heterocycles. The minimum atomic E-state index is 0.283. The third-order valence-electron chi connectivity index (χ3n) is 7.20. The van der Waals surface area contributed by atoms with Crippen LogP contribution in [0.15, 0.2) is 132 Å². The van der Waals surface area contributed by atoms with Crippen LogP contribution in [0.1, 0.15) is 48.6 Å². The molecule has 0 aliphatic rings. The maximum Gasteiger partial charge on any atom is 0.121 e. The summed E-state index contributed by atoms with van der Waals surface area (Å²) in [7, 11) is 3.78. The molecule has 0 spiro atoms. The first-order chi connectivity index (χ1) is 21.0. The lowest BCUT2D eigenvalue weighted by Crippen LogP contribution is -2.12. The van der Waals surface area contributed by atoms with E-state index in [0.717, 1.165) is 5.75 Å². The average molecular weight is 606 g/mol. The minimum absolute atomic E-state index is 0.283. The number of thioether (sulfide) groups is 1. The standard InChI is InChI=1S/C14H15N.C11H16.C8H10O.C8H10S/c1-12-8-6-7-11-14(12)15(2)13-9-4-3-5-10-13;1-9-7-5-6-8-10(9)11(2,3)4;2*1-7-5-3-4-6-8(7)9-2/h3-11H,1-2H3;5-8H,1-4H3;2*3-6H,1-2H3. The van der Waals surface area contributed by atoms with Crippen molar-refractivity contribution in [2.75, 3.05) is 25.3 Å². The topological polar surface area (TPSA) is 12.5 Å². The van der Waals surface area contributed by atoms with E-state index in [0.29, 0.717) is 0 Å². The Morgan fingerprint density at radius 3 is 1.45 bits per heavy atom. The van der Waals surface area contributed by atoms with E-state index in [2.05, 4.69) is 157 Å². The van der Waals surface area contributed by atoms with Crippen LogP contribution in [0.5, 0.6) is 5.75 Å². The molecular formula is C41H51NOS. The highest BCUT2D eigenvalue weighted by Crippen LogP contribution is 2.26. The molecule has 5 rings (SSSR count). The second-order valence-electron chi connectivity index (χ2n) is 11.7. The maximum absolute atomic E-state index is 5.04. The number of rotatable bonds is 4. The molecule has 232 valence electrons. The van der Waals surface area contributed by atoms with Crippen molar-refractivity contribution in [1.82, 2.24) is 0 Å². The molecule has 0 unspecified atom stereocenters. The third-order valence-corrected chi connectivity index (χ3v) is 8.10. The summed E-state index contributed by atoms with van der Waals surface area (Å²) in [5, 5.41) is 0. The number of ether oxygens (including phenoxy) is 1. The lowest BCUT2D eigenvalue weighted by atomic mass is 9.84. The van der Waals surface area contributed by atoms with Gasteiger partial charge in [0.2, 0.25) is 0 Å². The van der Waals surface area contributed by atoms with E-state index in [4.69, 9.17) is 4.74 Å². The van der Waals surface area contributed by atoms with Gasteiger partial charge in [0.05, 0.1) is 7.11 Å². The molecule has 0 radical (unpaired) electrons. The maximum atomic E-state index is 5.04. The summed E-state index contributed by atoms with van der Waals surface area (Å²) in [5.41, 5.74) is 9.43. The van der Waals surface area contributed by atoms with Gasteiger partial charge in [-0.1, -0.05) is 118 Å². The molecule has 0 aliphatic heterocycles. The molecule has 0 saturated carbocycles. The summed E-state index contributed by atoms with van der Waals surface area (Å²) in [4.78, 5) is 3.58. The monoisotopic (exact) mass is 605 g/mol. The fourth-order valence-electron chi connectivity index (χ4n) is 4.72. The number of benzene rings is 5. The van der Waals surface area contributed by atoms with Gasteiger partial charge >= 0.3 is 0 Å². The lowest BCUT2D eigenvalue weighted by Gasteiger charge is -2.21. The van der Waals surface area contributed by atoms with Gasteiger partial charge < -0.3 is 9.64 Å². The van der Waals surface area contributed by atoms with Gasteiger partial charge in [-0.25, -0.2) is 0 Å². The van der Waals surface area contributed by atoms with Crippen LogP contribution in [0.4, 0.5) is 11.4 Å².